The maximum absolute atomic E-state index is 12.5. The van der Waals surface area contributed by atoms with Gasteiger partial charge in [0.05, 0.1) is 16.5 Å². The quantitative estimate of drug-likeness (QED) is 0.336. The number of ether oxygens (including phenoxy) is 1. The predicted molar refractivity (Wildman–Crippen MR) is 116 cm³/mol. The topological polar surface area (TPSA) is 98.5 Å². The fourth-order valence-corrected chi connectivity index (χ4v) is 3.17. The molecule has 3 aromatic rings. The van der Waals surface area contributed by atoms with Gasteiger partial charge in [0.1, 0.15) is 0 Å². The largest absolute Gasteiger partial charge is 0.452 e. The van der Waals surface area contributed by atoms with Crippen LogP contribution in [0.5, 0.6) is 0 Å². The molecule has 0 aliphatic heterocycles. The fourth-order valence-electron chi connectivity index (χ4n) is 3.17. The average molecular weight is 418 g/mol. The zero-order valence-electron chi connectivity index (χ0n) is 17.0. The second-order valence-corrected chi connectivity index (χ2v) is 7.06. The molecule has 0 spiro atoms. The number of hydrogen-bond donors (Lipinski definition) is 1. The number of nitro groups is 1. The Morgan fingerprint density at radius 2 is 1.65 bits per heavy atom. The van der Waals surface area contributed by atoms with E-state index >= 15 is 0 Å². The lowest BCUT2D eigenvalue weighted by molar-refractivity contribution is -0.385. The van der Waals surface area contributed by atoms with Gasteiger partial charge in [-0.15, -0.1) is 0 Å². The molecule has 0 unspecified atom stereocenters. The number of carbonyl (C=O) groups excluding carboxylic acids is 2. The molecule has 1 atom stereocenters. The van der Waals surface area contributed by atoms with Gasteiger partial charge >= 0.3 is 5.97 Å². The van der Waals surface area contributed by atoms with Crippen molar-refractivity contribution in [1.29, 1.82) is 0 Å². The number of carbonyl (C=O) groups is 2. The van der Waals surface area contributed by atoms with E-state index in [2.05, 4.69) is 5.32 Å². The van der Waals surface area contributed by atoms with Crippen LogP contribution in [0.3, 0.4) is 0 Å². The summed E-state index contributed by atoms with van der Waals surface area (Å²) in [5.74, 6) is -1.25. The third kappa shape index (κ3) is 5.99. The summed E-state index contributed by atoms with van der Waals surface area (Å²) < 4.78 is 5.08. The second-order valence-electron chi connectivity index (χ2n) is 7.06. The molecule has 3 aromatic carbocycles. The van der Waals surface area contributed by atoms with Crippen molar-refractivity contribution in [2.45, 2.75) is 19.4 Å². The molecule has 0 saturated carbocycles. The third-order valence-corrected chi connectivity index (χ3v) is 4.80. The molecule has 0 aliphatic rings. The van der Waals surface area contributed by atoms with Gasteiger partial charge in [0.2, 0.25) is 0 Å². The molecule has 7 heteroatoms. The zero-order valence-corrected chi connectivity index (χ0v) is 17.0. The van der Waals surface area contributed by atoms with Crippen LogP contribution in [-0.4, -0.2) is 23.4 Å². The Bertz CT molecular complexity index is 1070. The zero-order chi connectivity index (χ0) is 22.2. The Balaban J connectivity index is 1.65. The number of rotatable bonds is 8. The van der Waals surface area contributed by atoms with Crippen LogP contribution in [-0.2, 0) is 16.0 Å². The van der Waals surface area contributed by atoms with Crippen LogP contribution in [0.2, 0.25) is 0 Å². The van der Waals surface area contributed by atoms with Crippen molar-refractivity contribution in [2.24, 2.45) is 0 Å². The first-order chi connectivity index (χ1) is 14.9. The summed E-state index contributed by atoms with van der Waals surface area (Å²) in [6.45, 7) is 1.09. The lowest BCUT2D eigenvalue weighted by atomic mass is 9.99. The molecule has 158 valence electrons. The second kappa shape index (κ2) is 10.2. The van der Waals surface area contributed by atoms with E-state index in [4.69, 9.17) is 4.74 Å². The average Bonchev–Trinajstić information content (AvgIpc) is 2.78. The molecule has 7 nitrogen and oxygen atoms in total. The van der Waals surface area contributed by atoms with Crippen molar-refractivity contribution in [3.8, 4) is 0 Å². The Morgan fingerprint density at radius 1 is 1.00 bits per heavy atom. The lowest BCUT2D eigenvalue weighted by Crippen LogP contribution is -2.33. The van der Waals surface area contributed by atoms with Gasteiger partial charge in [0, 0.05) is 11.6 Å². The standard InChI is InChI=1S/C24H22N2O5/c1-17-12-13-20(15-22(17)26(29)30)24(28)31-16-23(27)25-21(19-10-6-3-7-11-19)14-18-8-4-2-5-9-18/h2-13,15,21H,14,16H2,1H3,(H,25,27)/t21-/m0/s1. The molecular weight excluding hydrogens is 396 g/mol. The maximum atomic E-state index is 12.5. The van der Waals surface area contributed by atoms with Gasteiger partial charge < -0.3 is 10.1 Å². The van der Waals surface area contributed by atoms with Crippen LogP contribution in [0.1, 0.15) is 33.1 Å². The molecule has 1 N–H and O–H groups in total. The number of esters is 1. The summed E-state index contributed by atoms with van der Waals surface area (Å²) in [5.41, 5.74) is 2.27. The summed E-state index contributed by atoms with van der Waals surface area (Å²) in [5, 5.41) is 14.0. The highest BCUT2D eigenvalue weighted by molar-refractivity contribution is 5.92. The number of nitro benzene ring substituents is 1. The highest BCUT2D eigenvalue weighted by Gasteiger charge is 2.19. The van der Waals surface area contributed by atoms with Crippen LogP contribution in [0, 0.1) is 17.0 Å². The maximum Gasteiger partial charge on any atom is 0.338 e. The van der Waals surface area contributed by atoms with E-state index < -0.39 is 23.4 Å². The third-order valence-electron chi connectivity index (χ3n) is 4.80. The molecule has 1 amide bonds. The van der Waals surface area contributed by atoms with Crippen LogP contribution < -0.4 is 5.32 Å². The molecule has 0 aromatic heterocycles. The van der Waals surface area contributed by atoms with E-state index in [1.165, 1.54) is 12.1 Å². The van der Waals surface area contributed by atoms with E-state index in [1.54, 1.807) is 6.92 Å². The number of nitrogens with zero attached hydrogens (tertiary/aromatic N) is 1. The Kier molecular flexibility index (Phi) is 7.11. The molecule has 0 heterocycles. The molecule has 0 bridgehead atoms. The van der Waals surface area contributed by atoms with Crippen LogP contribution in [0.4, 0.5) is 5.69 Å². The van der Waals surface area contributed by atoms with Gasteiger partial charge in [-0.3, -0.25) is 14.9 Å². The molecular formula is C24H22N2O5. The predicted octanol–water partition coefficient (Wildman–Crippen LogP) is 4.16. The van der Waals surface area contributed by atoms with Gasteiger partial charge in [0.25, 0.3) is 11.6 Å². The number of aryl methyl sites for hydroxylation is 1. The first kappa shape index (κ1) is 21.7. The number of amides is 1. The van der Waals surface area contributed by atoms with Crippen LogP contribution in [0.15, 0.2) is 78.9 Å². The van der Waals surface area contributed by atoms with Gasteiger partial charge in [-0.2, -0.15) is 0 Å². The minimum atomic E-state index is -0.794. The van der Waals surface area contributed by atoms with Crippen molar-refractivity contribution in [2.75, 3.05) is 6.61 Å². The number of benzene rings is 3. The number of hydrogen-bond acceptors (Lipinski definition) is 5. The Hall–Kier alpha value is -4.00. The van der Waals surface area contributed by atoms with Crippen molar-refractivity contribution < 1.29 is 19.2 Å². The van der Waals surface area contributed by atoms with Gasteiger partial charge in [-0.05, 0) is 30.5 Å². The van der Waals surface area contributed by atoms with E-state index in [9.17, 15) is 19.7 Å². The van der Waals surface area contributed by atoms with Crippen LogP contribution in [0.25, 0.3) is 0 Å². The van der Waals surface area contributed by atoms with Crippen molar-refractivity contribution >= 4 is 17.6 Å². The summed E-state index contributed by atoms with van der Waals surface area (Å²) in [6, 6.07) is 23.0. The summed E-state index contributed by atoms with van der Waals surface area (Å²) in [4.78, 5) is 35.2. The lowest BCUT2D eigenvalue weighted by Gasteiger charge is -2.19. The van der Waals surface area contributed by atoms with Crippen molar-refractivity contribution in [3.05, 3.63) is 111 Å². The number of nitrogens with one attached hydrogen (secondary N) is 1. The van der Waals surface area contributed by atoms with Gasteiger partial charge in [0.15, 0.2) is 6.61 Å². The van der Waals surface area contributed by atoms with E-state index in [1.807, 2.05) is 60.7 Å². The highest BCUT2D eigenvalue weighted by Crippen LogP contribution is 2.20. The first-order valence-corrected chi connectivity index (χ1v) is 9.74. The van der Waals surface area contributed by atoms with Gasteiger partial charge in [-0.1, -0.05) is 66.7 Å². The van der Waals surface area contributed by atoms with E-state index in [-0.39, 0.29) is 17.3 Å². The van der Waals surface area contributed by atoms with E-state index in [0.29, 0.717) is 12.0 Å². The normalized spacial score (nSPS) is 11.4. The summed E-state index contributed by atoms with van der Waals surface area (Å²) in [7, 11) is 0. The van der Waals surface area contributed by atoms with E-state index in [0.717, 1.165) is 17.2 Å². The van der Waals surface area contributed by atoms with Crippen LogP contribution >= 0.6 is 0 Å². The SMILES string of the molecule is Cc1ccc(C(=O)OCC(=O)N[C@@H](Cc2ccccc2)c2ccccc2)cc1[N+](=O)[O-]. The monoisotopic (exact) mass is 418 g/mol. The summed E-state index contributed by atoms with van der Waals surface area (Å²) >= 11 is 0. The molecule has 31 heavy (non-hydrogen) atoms. The highest BCUT2D eigenvalue weighted by atomic mass is 16.6. The first-order valence-electron chi connectivity index (χ1n) is 9.74. The van der Waals surface area contributed by atoms with Crippen molar-refractivity contribution in [1.82, 2.24) is 5.32 Å². The summed E-state index contributed by atoms with van der Waals surface area (Å²) in [6.07, 6.45) is 0.578. The minimum Gasteiger partial charge on any atom is -0.452 e. The molecule has 0 saturated heterocycles. The minimum absolute atomic E-state index is 0.0222. The Morgan fingerprint density at radius 3 is 2.29 bits per heavy atom. The van der Waals surface area contributed by atoms with Gasteiger partial charge in [-0.25, -0.2) is 4.79 Å². The molecule has 3 rings (SSSR count). The fraction of sp³-hybridized carbons (Fsp3) is 0.167. The Labute approximate surface area is 179 Å². The smallest absolute Gasteiger partial charge is 0.338 e. The molecule has 0 fully saturated rings. The molecule has 0 radical (unpaired) electrons. The van der Waals surface area contributed by atoms with Crippen molar-refractivity contribution in [3.63, 3.8) is 0 Å². The molecule has 0 aliphatic carbocycles.